The van der Waals surface area contributed by atoms with Crippen LogP contribution in [0.3, 0.4) is 0 Å². The third kappa shape index (κ3) is 5.84. The molecule has 8 nitrogen and oxygen atoms in total. The van der Waals surface area contributed by atoms with Gasteiger partial charge in [0.05, 0.1) is 0 Å². The number of piperidine rings is 1. The Hall–Kier alpha value is -4.20. The van der Waals surface area contributed by atoms with Crippen LogP contribution in [0.1, 0.15) is 35.7 Å². The minimum atomic E-state index is -0.186. The number of ether oxygens (including phenoxy) is 1. The Bertz CT molecular complexity index is 1170. The molecule has 1 aliphatic rings. The van der Waals surface area contributed by atoms with E-state index >= 15 is 0 Å². The first-order chi connectivity index (χ1) is 17.1. The van der Waals surface area contributed by atoms with E-state index in [0.717, 1.165) is 18.6 Å². The fourth-order valence-electron chi connectivity index (χ4n) is 4.02. The Labute approximate surface area is 205 Å². The number of hydrogen-bond donors (Lipinski definition) is 2. The molecule has 35 heavy (non-hydrogen) atoms. The molecule has 180 valence electrons. The standard InChI is InChI=1S/C27H29N5O3/c1-3-23(33)32-16-14-20(15-17-32)31-27-24(26(28-4-2)29-18-30-27)25(34)19-10-12-22(13-11-19)35-21-8-6-5-7-9-21/h3,5-13,18,20H,1,4,14-17H2,2H3,(H2,28,29,30,31). The average Bonchev–Trinajstić information content (AvgIpc) is 2.90. The van der Waals surface area contributed by atoms with Gasteiger partial charge in [0.15, 0.2) is 5.78 Å². The molecular formula is C27H29N5O3. The second-order valence-corrected chi connectivity index (χ2v) is 8.19. The fourth-order valence-corrected chi connectivity index (χ4v) is 4.02. The van der Waals surface area contributed by atoms with Gasteiger partial charge in [0.1, 0.15) is 35.0 Å². The van der Waals surface area contributed by atoms with Crippen molar-refractivity contribution < 1.29 is 14.3 Å². The summed E-state index contributed by atoms with van der Waals surface area (Å²) in [6.45, 7) is 7.37. The lowest BCUT2D eigenvalue weighted by atomic mass is 10.0. The van der Waals surface area contributed by atoms with E-state index in [0.29, 0.717) is 48.1 Å². The smallest absolute Gasteiger partial charge is 0.245 e. The molecule has 0 unspecified atom stereocenters. The molecule has 1 aromatic heterocycles. The highest BCUT2D eigenvalue weighted by Gasteiger charge is 2.25. The van der Waals surface area contributed by atoms with E-state index in [1.54, 1.807) is 29.2 Å². The molecule has 0 bridgehead atoms. The molecule has 1 aliphatic heterocycles. The largest absolute Gasteiger partial charge is 0.457 e. The summed E-state index contributed by atoms with van der Waals surface area (Å²) in [5.74, 6) is 2.09. The van der Waals surface area contributed by atoms with Gasteiger partial charge >= 0.3 is 0 Å². The molecule has 0 radical (unpaired) electrons. The highest BCUT2D eigenvalue weighted by molar-refractivity contribution is 6.14. The number of amides is 1. The van der Waals surface area contributed by atoms with Crippen molar-refractivity contribution in [3.8, 4) is 11.5 Å². The lowest BCUT2D eigenvalue weighted by Gasteiger charge is -2.32. The molecule has 4 rings (SSSR count). The third-order valence-electron chi connectivity index (χ3n) is 5.84. The van der Waals surface area contributed by atoms with Crippen LogP contribution in [0.4, 0.5) is 11.6 Å². The Balaban J connectivity index is 1.53. The van der Waals surface area contributed by atoms with E-state index < -0.39 is 0 Å². The molecule has 0 saturated carbocycles. The molecule has 2 N–H and O–H groups in total. The first-order valence-electron chi connectivity index (χ1n) is 11.7. The molecule has 8 heteroatoms. The van der Waals surface area contributed by atoms with Gasteiger partial charge in [-0.1, -0.05) is 24.8 Å². The molecule has 1 fully saturated rings. The lowest BCUT2D eigenvalue weighted by Crippen LogP contribution is -2.42. The van der Waals surface area contributed by atoms with Gasteiger partial charge in [-0.15, -0.1) is 0 Å². The van der Waals surface area contributed by atoms with E-state index in [1.807, 2.05) is 37.3 Å². The maximum absolute atomic E-state index is 13.6. The predicted molar refractivity (Wildman–Crippen MR) is 136 cm³/mol. The Kier molecular flexibility index (Phi) is 7.72. The summed E-state index contributed by atoms with van der Waals surface area (Å²) < 4.78 is 5.84. The number of carbonyl (C=O) groups excluding carboxylic acids is 2. The van der Waals surface area contributed by atoms with Crippen molar-refractivity contribution in [1.82, 2.24) is 14.9 Å². The predicted octanol–water partition coefficient (Wildman–Crippen LogP) is 4.52. The van der Waals surface area contributed by atoms with Gasteiger partial charge in [-0.05, 0) is 62.2 Å². The summed E-state index contributed by atoms with van der Waals surface area (Å²) in [4.78, 5) is 36.0. The van der Waals surface area contributed by atoms with E-state index in [1.165, 1.54) is 12.4 Å². The molecular weight excluding hydrogens is 442 g/mol. The number of hydrogen-bond acceptors (Lipinski definition) is 7. The summed E-state index contributed by atoms with van der Waals surface area (Å²) in [6, 6.07) is 16.6. The Morgan fingerprint density at radius 1 is 1.03 bits per heavy atom. The van der Waals surface area contributed by atoms with Gasteiger partial charge in [-0.25, -0.2) is 9.97 Å². The highest BCUT2D eigenvalue weighted by Crippen LogP contribution is 2.28. The normalized spacial score (nSPS) is 13.7. The lowest BCUT2D eigenvalue weighted by molar-refractivity contribution is -0.126. The average molecular weight is 472 g/mol. The van der Waals surface area contributed by atoms with Gasteiger partial charge < -0.3 is 20.3 Å². The summed E-state index contributed by atoms with van der Waals surface area (Å²) in [5.41, 5.74) is 0.907. The maximum Gasteiger partial charge on any atom is 0.245 e. The number of aromatic nitrogens is 2. The molecule has 1 amide bonds. The minimum absolute atomic E-state index is 0.0597. The molecule has 2 aromatic carbocycles. The summed E-state index contributed by atoms with van der Waals surface area (Å²) in [6.07, 6.45) is 4.29. The van der Waals surface area contributed by atoms with Crippen LogP contribution in [0, 0.1) is 0 Å². The number of nitrogens with one attached hydrogen (secondary N) is 2. The quantitative estimate of drug-likeness (QED) is 0.350. The number of para-hydroxylation sites is 1. The summed E-state index contributed by atoms with van der Waals surface area (Å²) >= 11 is 0. The van der Waals surface area contributed by atoms with Gasteiger partial charge in [0.2, 0.25) is 5.91 Å². The van der Waals surface area contributed by atoms with Crippen LogP contribution in [0.5, 0.6) is 11.5 Å². The molecule has 1 saturated heterocycles. The van der Waals surface area contributed by atoms with Crippen molar-refractivity contribution in [2.45, 2.75) is 25.8 Å². The van der Waals surface area contributed by atoms with Gasteiger partial charge in [0.25, 0.3) is 0 Å². The number of rotatable bonds is 9. The van der Waals surface area contributed by atoms with Crippen molar-refractivity contribution in [2.75, 3.05) is 30.3 Å². The van der Waals surface area contributed by atoms with Gasteiger partial charge in [-0.2, -0.15) is 0 Å². The zero-order chi connectivity index (χ0) is 24.6. The Morgan fingerprint density at radius 2 is 1.69 bits per heavy atom. The van der Waals surface area contributed by atoms with E-state index in [-0.39, 0.29) is 17.7 Å². The van der Waals surface area contributed by atoms with Crippen molar-refractivity contribution in [1.29, 1.82) is 0 Å². The number of likely N-dealkylation sites (tertiary alicyclic amines) is 1. The van der Waals surface area contributed by atoms with Crippen molar-refractivity contribution in [2.24, 2.45) is 0 Å². The second kappa shape index (κ2) is 11.3. The Morgan fingerprint density at radius 3 is 2.34 bits per heavy atom. The highest BCUT2D eigenvalue weighted by atomic mass is 16.5. The van der Waals surface area contributed by atoms with Crippen LogP contribution >= 0.6 is 0 Å². The molecule has 3 aromatic rings. The monoisotopic (exact) mass is 471 g/mol. The molecule has 2 heterocycles. The maximum atomic E-state index is 13.6. The third-order valence-corrected chi connectivity index (χ3v) is 5.84. The summed E-state index contributed by atoms with van der Waals surface area (Å²) in [5, 5.41) is 6.60. The van der Waals surface area contributed by atoms with Gasteiger partial charge in [-0.3, -0.25) is 9.59 Å². The second-order valence-electron chi connectivity index (χ2n) is 8.19. The molecule has 0 spiro atoms. The summed E-state index contributed by atoms with van der Waals surface area (Å²) in [7, 11) is 0. The van der Waals surface area contributed by atoms with Crippen molar-refractivity contribution in [3.05, 3.63) is 84.7 Å². The SMILES string of the molecule is C=CC(=O)N1CCC(Nc2ncnc(NCC)c2C(=O)c2ccc(Oc3ccccc3)cc2)CC1. The first-order valence-corrected chi connectivity index (χ1v) is 11.7. The van der Waals surface area contributed by atoms with Crippen LogP contribution in [0.2, 0.25) is 0 Å². The number of benzene rings is 2. The van der Waals surface area contributed by atoms with Crippen LogP contribution < -0.4 is 15.4 Å². The number of carbonyl (C=O) groups is 2. The zero-order valence-corrected chi connectivity index (χ0v) is 19.7. The van der Waals surface area contributed by atoms with Crippen LogP contribution in [0.15, 0.2) is 73.6 Å². The van der Waals surface area contributed by atoms with Crippen LogP contribution in [0.25, 0.3) is 0 Å². The molecule has 0 aliphatic carbocycles. The van der Waals surface area contributed by atoms with Crippen LogP contribution in [-0.4, -0.2) is 52.2 Å². The van der Waals surface area contributed by atoms with Crippen LogP contribution in [-0.2, 0) is 4.79 Å². The number of anilines is 2. The van der Waals surface area contributed by atoms with Crippen molar-refractivity contribution in [3.63, 3.8) is 0 Å². The zero-order valence-electron chi connectivity index (χ0n) is 19.7. The topological polar surface area (TPSA) is 96.5 Å². The number of ketones is 1. The number of nitrogens with zero attached hydrogens (tertiary/aromatic N) is 3. The minimum Gasteiger partial charge on any atom is -0.457 e. The van der Waals surface area contributed by atoms with E-state index in [4.69, 9.17) is 4.74 Å². The first kappa shape index (κ1) is 23.9. The van der Waals surface area contributed by atoms with E-state index in [2.05, 4.69) is 27.2 Å². The van der Waals surface area contributed by atoms with Gasteiger partial charge in [0, 0.05) is 31.2 Å². The molecule has 0 atom stereocenters. The van der Waals surface area contributed by atoms with E-state index in [9.17, 15) is 9.59 Å². The fraction of sp³-hybridized carbons (Fsp3) is 0.259. The van der Waals surface area contributed by atoms with Crippen molar-refractivity contribution >= 4 is 23.3 Å².